The van der Waals surface area contributed by atoms with Crippen molar-refractivity contribution in [2.45, 2.75) is 13.0 Å². The van der Waals surface area contributed by atoms with E-state index in [2.05, 4.69) is 5.32 Å². The first kappa shape index (κ1) is 14.1. The van der Waals surface area contributed by atoms with E-state index in [1.165, 1.54) is 12.1 Å². The van der Waals surface area contributed by atoms with Crippen molar-refractivity contribution in [3.8, 4) is 0 Å². The summed E-state index contributed by atoms with van der Waals surface area (Å²) in [4.78, 5) is 13.9. The zero-order chi connectivity index (χ0) is 13.8. The van der Waals surface area contributed by atoms with Gasteiger partial charge in [0.2, 0.25) is 5.91 Å². The van der Waals surface area contributed by atoms with Gasteiger partial charge < -0.3 is 15.0 Å². The number of benzene rings is 1. The zero-order valence-electron chi connectivity index (χ0n) is 10.7. The molecule has 1 aliphatic heterocycles. The number of hydrogen-bond acceptors (Lipinski definition) is 3. The molecule has 1 aliphatic rings. The van der Waals surface area contributed by atoms with Crippen molar-refractivity contribution in [3.05, 3.63) is 29.0 Å². The first-order valence-electron chi connectivity index (χ1n) is 6.16. The monoisotopic (exact) mass is 286 g/mol. The standard InChI is InChI=1S/C13H16ClFN2O2/c1-9(13(18)17-4-6-19-7-5-17)16-10-2-3-12(15)11(14)8-10/h2-3,8-9,16H,4-7H2,1H3. The molecule has 0 spiro atoms. The van der Waals surface area contributed by atoms with Crippen LogP contribution in [0.5, 0.6) is 0 Å². The third-order valence-corrected chi connectivity index (χ3v) is 3.29. The molecule has 1 saturated heterocycles. The molecule has 1 N–H and O–H groups in total. The van der Waals surface area contributed by atoms with Gasteiger partial charge in [0.05, 0.1) is 18.2 Å². The van der Waals surface area contributed by atoms with Crippen LogP contribution in [0.4, 0.5) is 10.1 Å². The van der Waals surface area contributed by atoms with Crippen LogP contribution in [0.2, 0.25) is 5.02 Å². The van der Waals surface area contributed by atoms with Gasteiger partial charge in [-0.2, -0.15) is 0 Å². The van der Waals surface area contributed by atoms with E-state index in [0.717, 1.165) is 0 Å². The molecule has 104 valence electrons. The molecule has 1 unspecified atom stereocenters. The van der Waals surface area contributed by atoms with Gasteiger partial charge in [-0.15, -0.1) is 0 Å². The summed E-state index contributed by atoms with van der Waals surface area (Å²) in [6, 6.07) is 3.92. The van der Waals surface area contributed by atoms with E-state index in [0.29, 0.717) is 32.0 Å². The molecule has 4 nitrogen and oxygen atoms in total. The minimum absolute atomic E-state index is 0.00347. The van der Waals surface area contributed by atoms with Crippen molar-refractivity contribution < 1.29 is 13.9 Å². The van der Waals surface area contributed by atoms with E-state index in [1.54, 1.807) is 17.9 Å². The van der Waals surface area contributed by atoms with Gasteiger partial charge in [0.1, 0.15) is 11.9 Å². The molecule has 0 bridgehead atoms. The van der Waals surface area contributed by atoms with Gasteiger partial charge in [-0.25, -0.2) is 4.39 Å². The van der Waals surface area contributed by atoms with Gasteiger partial charge in [-0.3, -0.25) is 4.79 Å². The molecule has 19 heavy (non-hydrogen) atoms. The van der Waals surface area contributed by atoms with Crippen LogP contribution in [0.1, 0.15) is 6.92 Å². The third kappa shape index (κ3) is 3.58. The lowest BCUT2D eigenvalue weighted by atomic mass is 10.2. The largest absolute Gasteiger partial charge is 0.378 e. The smallest absolute Gasteiger partial charge is 0.244 e. The molecule has 1 aromatic rings. The van der Waals surface area contributed by atoms with E-state index < -0.39 is 5.82 Å². The Bertz CT molecular complexity index is 464. The highest BCUT2D eigenvalue weighted by Crippen LogP contribution is 2.20. The van der Waals surface area contributed by atoms with Gasteiger partial charge >= 0.3 is 0 Å². The van der Waals surface area contributed by atoms with E-state index in [1.807, 2.05) is 0 Å². The normalized spacial score (nSPS) is 17.1. The van der Waals surface area contributed by atoms with E-state index in [4.69, 9.17) is 16.3 Å². The number of rotatable bonds is 3. The molecule has 6 heteroatoms. The van der Waals surface area contributed by atoms with Crippen molar-refractivity contribution in [1.82, 2.24) is 4.90 Å². The van der Waals surface area contributed by atoms with Crippen LogP contribution in [0, 0.1) is 5.82 Å². The Morgan fingerprint density at radius 2 is 2.16 bits per heavy atom. The minimum atomic E-state index is -0.473. The molecule has 1 heterocycles. The van der Waals surface area contributed by atoms with Gasteiger partial charge in [0.15, 0.2) is 0 Å². The molecule has 1 fully saturated rings. The van der Waals surface area contributed by atoms with Crippen LogP contribution in [-0.4, -0.2) is 43.2 Å². The summed E-state index contributed by atoms with van der Waals surface area (Å²) in [6.07, 6.45) is 0. The van der Waals surface area contributed by atoms with Gasteiger partial charge in [-0.1, -0.05) is 11.6 Å². The maximum Gasteiger partial charge on any atom is 0.244 e. The van der Waals surface area contributed by atoms with Crippen LogP contribution in [0.3, 0.4) is 0 Å². The maximum absolute atomic E-state index is 13.0. The molecule has 2 rings (SSSR count). The van der Waals surface area contributed by atoms with E-state index in [-0.39, 0.29) is 17.0 Å². The van der Waals surface area contributed by atoms with Crippen LogP contribution in [0.15, 0.2) is 18.2 Å². The van der Waals surface area contributed by atoms with Gasteiger partial charge in [-0.05, 0) is 25.1 Å². The predicted octanol–water partition coefficient (Wildman–Crippen LogP) is 2.14. The lowest BCUT2D eigenvalue weighted by Gasteiger charge is -2.29. The average molecular weight is 287 g/mol. The Labute approximate surface area is 116 Å². The summed E-state index contributed by atoms with van der Waals surface area (Å²) in [6.45, 7) is 4.13. The molecule has 0 aromatic heterocycles. The molecular weight excluding hydrogens is 271 g/mol. The molecule has 0 saturated carbocycles. The molecule has 0 radical (unpaired) electrons. The van der Waals surface area contributed by atoms with Gasteiger partial charge in [0.25, 0.3) is 0 Å². The number of nitrogens with zero attached hydrogens (tertiary/aromatic N) is 1. The number of morpholine rings is 1. The Balaban J connectivity index is 1.97. The minimum Gasteiger partial charge on any atom is -0.378 e. The quantitative estimate of drug-likeness (QED) is 0.926. The van der Waals surface area contributed by atoms with Crippen molar-refractivity contribution >= 4 is 23.2 Å². The zero-order valence-corrected chi connectivity index (χ0v) is 11.4. The third-order valence-electron chi connectivity index (χ3n) is 3.00. The topological polar surface area (TPSA) is 41.6 Å². The van der Waals surface area contributed by atoms with Crippen molar-refractivity contribution in [2.75, 3.05) is 31.6 Å². The fourth-order valence-electron chi connectivity index (χ4n) is 1.96. The van der Waals surface area contributed by atoms with Crippen molar-refractivity contribution in [2.24, 2.45) is 0 Å². The molecule has 1 atom stereocenters. The maximum atomic E-state index is 13.0. The Morgan fingerprint density at radius 3 is 2.79 bits per heavy atom. The number of amides is 1. The number of carbonyl (C=O) groups excluding carboxylic acids is 1. The average Bonchev–Trinajstić information content (AvgIpc) is 2.43. The number of nitrogens with one attached hydrogen (secondary N) is 1. The summed E-state index contributed by atoms with van der Waals surface area (Å²) >= 11 is 5.70. The van der Waals surface area contributed by atoms with Crippen LogP contribution in [-0.2, 0) is 9.53 Å². The summed E-state index contributed by atoms with van der Waals surface area (Å²) in [5.74, 6) is -0.469. The highest BCUT2D eigenvalue weighted by Gasteiger charge is 2.22. The van der Waals surface area contributed by atoms with Crippen molar-refractivity contribution in [3.63, 3.8) is 0 Å². The van der Waals surface area contributed by atoms with Gasteiger partial charge in [0, 0.05) is 18.8 Å². The Hall–Kier alpha value is -1.33. The summed E-state index contributed by atoms with van der Waals surface area (Å²) in [5, 5.41) is 3.06. The molecule has 1 aromatic carbocycles. The SMILES string of the molecule is CC(Nc1ccc(F)c(Cl)c1)C(=O)N1CCOCC1. The van der Waals surface area contributed by atoms with Crippen LogP contribution < -0.4 is 5.32 Å². The highest BCUT2D eigenvalue weighted by molar-refractivity contribution is 6.31. The Kier molecular flexibility index (Phi) is 4.61. The molecule has 1 amide bonds. The first-order chi connectivity index (χ1) is 9.08. The van der Waals surface area contributed by atoms with E-state index >= 15 is 0 Å². The number of ether oxygens (including phenoxy) is 1. The predicted molar refractivity (Wildman–Crippen MR) is 71.9 cm³/mol. The summed E-state index contributed by atoms with van der Waals surface area (Å²) in [7, 11) is 0. The van der Waals surface area contributed by atoms with Crippen LogP contribution in [0.25, 0.3) is 0 Å². The van der Waals surface area contributed by atoms with E-state index in [9.17, 15) is 9.18 Å². The molecule has 0 aliphatic carbocycles. The Morgan fingerprint density at radius 1 is 1.47 bits per heavy atom. The number of carbonyl (C=O) groups is 1. The van der Waals surface area contributed by atoms with Crippen molar-refractivity contribution in [1.29, 1.82) is 0 Å². The second-order valence-corrected chi connectivity index (χ2v) is 4.84. The summed E-state index contributed by atoms with van der Waals surface area (Å²) in [5.41, 5.74) is 0.625. The summed E-state index contributed by atoms with van der Waals surface area (Å²) < 4.78 is 18.2. The number of anilines is 1. The van der Waals surface area contributed by atoms with Crippen LogP contribution >= 0.6 is 11.6 Å². The fourth-order valence-corrected chi connectivity index (χ4v) is 2.14. The fraction of sp³-hybridized carbons (Fsp3) is 0.462. The first-order valence-corrected chi connectivity index (χ1v) is 6.54. The molecular formula is C13H16ClFN2O2. The number of hydrogen-bond donors (Lipinski definition) is 1. The number of halogens is 2. The second kappa shape index (κ2) is 6.21. The lowest BCUT2D eigenvalue weighted by Crippen LogP contribution is -2.46. The highest BCUT2D eigenvalue weighted by atomic mass is 35.5. The second-order valence-electron chi connectivity index (χ2n) is 4.43. The lowest BCUT2D eigenvalue weighted by molar-refractivity contribution is -0.135.